The van der Waals surface area contributed by atoms with Gasteiger partial charge in [0, 0.05) is 13.1 Å². The molecule has 1 unspecified atom stereocenters. The Morgan fingerprint density at radius 2 is 1.85 bits per heavy atom. The van der Waals surface area contributed by atoms with Crippen LogP contribution in [0, 0.1) is 5.92 Å². The van der Waals surface area contributed by atoms with Crippen molar-refractivity contribution in [2.45, 2.75) is 39.2 Å². The second kappa shape index (κ2) is 5.79. The zero-order valence-corrected chi connectivity index (χ0v) is 12.6. The highest BCUT2D eigenvalue weighted by molar-refractivity contribution is 7.86. The number of carbonyl (C=O) groups is 2. The van der Waals surface area contributed by atoms with E-state index in [4.69, 9.17) is 0 Å². The molecule has 1 N–H and O–H groups in total. The van der Waals surface area contributed by atoms with Gasteiger partial charge in [-0.25, -0.2) is 0 Å². The lowest BCUT2D eigenvalue weighted by atomic mass is 10.0. The van der Waals surface area contributed by atoms with E-state index in [0.29, 0.717) is 25.4 Å². The molecule has 0 aromatic heterocycles. The van der Waals surface area contributed by atoms with E-state index >= 15 is 0 Å². The molecular weight excluding hydrogens is 282 g/mol. The van der Waals surface area contributed by atoms with Gasteiger partial charge in [0.2, 0.25) is 11.8 Å². The highest BCUT2D eigenvalue weighted by Crippen LogP contribution is 2.23. The van der Waals surface area contributed by atoms with E-state index in [0.717, 1.165) is 17.1 Å². The Bertz CT molecular complexity index is 497. The molecule has 0 radical (unpaired) electrons. The van der Waals surface area contributed by atoms with Gasteiger partial charge in [-0.2, -0.15) is 17.0 Å². The molecule has 8 heteroatoms. The molecule has 0 aromatic carbocycles. The molecule has 2 amide bonds. The van der Waals surface area contributed by atoms with Crippen molar-refractivity contribution in [1.82, 2.24) is 13.9 Å². The fraction of sp³-hybridized carbons (Fsp3) is 0.833. The van der Waals surface area contributed by atoms with Crippen molar-refractivity contribution in [1.29, 1.82) is 0 Å². The molecule has 2 saturated heterocycles. The summed E-state index contributed by atoms with van der Waals surface area (Å²) in [4.78, 5) is 23.2. The zero-order chi connectivity index (χ0) is 14.9. The van der Waals surface area contributed by atoms with Gasteiger partial charge < -0.3 is 0 Å². The summed E-state index contributed by atoms with van der Waals surface area (Å²) < 4.78 is 27.7. The molecule has 2 heterocycles. The second-order valence-corrected chi connectivity index (χ2v) is 7.35. The Morgan fingerprint density at radius 3 is 2.40 bits per heavy atom. The van der Waals surface area contributed by atoms with E-state index in [-0.39, 0.29) is 6.54 Å². The summed E-state index contributed by atoms with van der Waals surface area (Å²) in [7, 11) is -3.75. The molecule has 1 atom stereocenters. The first kappa shape index (κ1) is 15.4. The Hall–Kier alpha value is -0.990. The quantitative estimate of drug-likeness (QED) is 0.725. The summed E-state index contributed by atoms with van der Waals surface area (Å²) in [5, 5.41) is 2.19. The third-order valence-corrected chi connectivity index (χ3v) is 5.96. The lowest BCUT2D eigenvalue weighted by Crippen LogP contribution is -2.62. The number of nitrogens with zero attached hydrogens (tertiary/aromatic N) is 2. The van der Waals surface area contributed by atoms with Crippen molar-refractivity contribution < 1.29 is 18.0 Å². The molecule has 7 nitrogen and oxygen atoms in total. The highest BCUT2D eigenvalue weighted by atomic mass is 32.2. The maximum absolute atomic E-state index is 12.6. The van der Waals surface area contributed by atoms with Crippen molar-refractivity contribution in [3.63, 3.8) is 0 Å². The van der Waals surface area contributed by atoms with Crippen LogP contribution < -0.4 is 5.32 Å². The van der Waals surface area contributed by atoms with E-state index in [2.05, 4.69) is 12.2 Å². The molecular formula is C12H21N3O4S. The number of rotatable bonds is 3. The van der Waals surface area contributed by atoms with Crippen molar-refractivity contribution in [2.24, 2.45) is 5.92 Å². The number of carbonyl (C=O) groups excluding carboxylic acids is 2. The summed E-state index contributed by atoms with van der Waals surface area (Å²) in [5.74, 6) is -0.582. The Labute approximate surface area is 119 Å². The number of nitrogens with one attached hydrogen (secondary N) is 1. The monoisotopic (exact) mass is 303 g/mol. The summed E-state index contributed by atoms with van der Waals surface area (Å²) in [6.07, 6.45) is 1.97. The fourth-order valence-electron chi connectivity index (χ4n) is 2.64. The molecule has 2 aliphatic rings. The third-order valence-electron chi connectivity index (χ3n) is 3.96. The smallest absolute Gasteiger partial charge is 0.283 e. The van der Waals surface area contributed by atoms with Gasteiger partial charge in [-0.05, 0) is 25.2 Å². The van der Waals surface area contributed by atoms with Crippen LogP contribution in [0.4, 0.5) is 0 Å². The summed E-state index contributed by atoms with van der Waals surface area (Å²) in [6.45, 7) is 4.45. The minimum absolute atomic E-state index is 0.279. The van der Waals surface area contributed by atoms with Crippen LogP contribution >= 0.6 is 0 Å². The van der Waals surface area contributed by atoms with Crippen molar-refractivity contribution in [3.8, 4) is 0 Å². The lowest BCUT2D eigenvalue weighted by molar-refractivity contribution is -0.137. The number of piperidine rings is 1. The van der Waals surface area contributed by atoms with Crippen molar-refractivity contribution in [2.75, 3.05) is 19.6 Å². The number of imide groups is 1. The molecule has 114 valence electrons. The van der Waals surface area contributed by atoms with Gasteiger partial charge in [0.15, 0.2) is 0 Å². The first-order valence-electron chi connectivity index (χ1n) is 6.97. The first-order chi connectivity index (χ1) is 9.36. The Morgan fingerprint density at radius 1 is 1.25 bits per heavy atom. The van der Waals surface area contributed by atoms with Gasteiger partial charge in [-0.3, -0.25) is 14.9 Å². The van der Waals surface area contributed by atoms with Gasteiger partial charge >= 0.3 is 0 Å². The van der Waals surface area contributed by atoms with E-state index < -0.39 is 28.1 Å². The minimum atomic E-state index is -3.75. The standard InChI is InChI=1S/C12H21N3O4S/c1-3-10-12(17)13-11(16)8-15(10)20(18,19)14-6-4-9(2)5-7-14/h9-10H,3-8H2,1-2H3,(H,13,16,17). The molecule has 2 rings (SSSR count). The van der Waals surface area contributed by atoms with E-state index in [1.165, 1.54) is 4.31 Å². The number of hydrogen-bond donors (Lipinski definition) is 1. The van der Waals surface area contributed by atoms with Crippen LogP contribution in [0.3, 0.4) is 0 Å². The van der Waals surface area contributed by atoms with Crippen LogP contribution in [-0.4, -0.2) is 54.5 Å². The van der Waals surface area contributed by atoms with Crippen LogP contribution in [0.15, 0.2) is 0 Å². The molecule has 0 aliphatic carbocycles. The molecule has 2 fully saturated rings. The minimum Gasteiger partial charge on any atom is -0.294 e. The average molecular weight is 303 g/mol. The largest absolute Gasteiger partial charge is 0.294 e. The number of amides is 2. The SMILES string of the molecule is CCC1C(=O)NC(=O)CN1S(=O)(=O)N1CCC(C)CC1. The van der Waals surface area contributed by atoms with Crippen LogP contribution in [-0.2, 0) is 19.8 Å². The van der Waals surface area contributed by atoms with Crippen LogP contribution in [0.25, 0.3) is 0 Å². The van der Waals surface area contributed by atoms with Gasteiger partial charge in [0.1, 0.15) is 6.04 Å². The summed E-state index contributed by atoms with van der Waals surface area (Å²) >= 11 is 0. The van der Waals surface area contributed by atoms with Gasteiger partial charge in [-0.1, -0.05) is 13.8 Å². The number of hydrogen-bond acceptors (Lipinski definition) is 4. The summed E-state index contributed by atoms with van der Waals surface area (Å²) in [6, 6.07) is -0.794. The average Bonchev–Trinajstić information content (AvgIpc) is 2.38. The van der Waals surface area contributed by atoms with Crippen LogP contribution in [0.2, 0.25) is 0 Å². The lowest BCUT2D eigenvalue weighted by Gasteiger charge is -2.38. The van der Waals surface area contributed by atoms with Crippen molar-refractivity contribution >= 4 is 22.0 Å². The first-order valence-corrected chi connectivity index (χ1v) is 8.36. The normalized spacial score (nSPS) is 27.6. The predicted molar refractivity (Wildman–Crippen MR) is 72.8 cm³/mol. The predicted octanol–water partition coefficient (Wildman–Crippen LogP) is -0.300. The maximum Gasteiger partial charge on any atom is 0.283 e. The van der Waals surface area contributed by atoms with Gasteiger partial charge in [0.25, 0.3) is 10.2 Å². The van der Waals surface area contributed by atoms with E-state index in [1.807, 2.05) is 0 Å². The summed E-state index contributed by atoms with van der Waals surface area (Å²) in [5.41, 5.74) is 0. The Kier molecular flexibility index (Phi) is 4.46. The van der Waals surface area contributed by atoms with E-state index in [9.17, 15) is 18.0 Å². The molecule has 0 saturated carbocycles. The highest BCUT2D eigenvalue weighted by Gasteiger charge is 2.43. The van der Waals surface area contributed by atoms with E-state index in [1.54, 1.807) is 6.92 Å². The molecule has 0 bridgehead atoms. The van der Waals surface area contributed by atoms with Crippen LogP contribution in [0.1, 0.15) is 33.1 Å². The number of piperazine rings is 1. The topological polar surface area (TPSA) is 86.8 Å². The molecule has 0 spiro atoms. The van der Waals surface area contributed by atoms with Gasteiger partial charge in [0.05, 0.1) is 6.54 Å². The third kappa shape index (κ3) is 2.87. The second-order valence-electron chi connectivity index (χ2n) is 5.47. The van der Waals surface area contributed by atoms with Gasteiger partial charge in [-0.15, -0.1) is 0 Å². The maximum atomic E-state index is 12.6. The molecule has 20 heavy (non-hydrogen) atoms. The molecule has 0 aromatic rings. The fourth-order valence-corrected chi connectivity index (χ4v) is 4.45. The van der Waals surface area contributed by atoms with Crippen LogP contribution in [0.5, 0.6) is 0 Å². The zero-order valence-electron chi connectivity index (χ0n) is 11.8. The molecule has 2 aliphatic heterocycles. The van der Waals surface area contributed by atoms with Crippen molar-refractivity contribution in [3.05, 3.63) is 0 Å². The Balaban J connectivity index is 2.22.